The highest BCUT2D eigenvalue weighted by atomic mass is 35.5. The Balaban J connectivity index is 1.36. The van der Waals surface area contributed by atoms with Gasteiger partial charge in [0.2, 0.25) is 0 Å². The van der Waals surface area contributed by atoms with E-state index in [1.165, 1.54) is 6.07 Å². The summed E-state index contributed by atoms with van der Waals surface area (Å²) in [5.41, 5.74) is 5.04. The molecule has 0 spiro atoms. The van der Waals surface area contributed by atoms with Crippen LogP contribution >= 0.6 is 11.6 Å². The zero-order valence-electron chi connectivity index (χ0n) is 18.9. The number of fused-ring (bicyclic) bond motifs is 1. The number of nitrogens with zero attached hydrogens (tertiary/aromatic N) is 3. The first-order valence-corrected chi connectivity index (χ1v) is 11.7. The second-order valence-electron chi connectivity index (χ2n) is 9.07. The van der Waals surface area contributed by atoms with E-state index in [9.17, 15) is 4.79 Å². The van der Waals surface area contributed by atoms with Gasteiger partial charge in [0.05, 0.1) is 5.69 Å². The average molecular weight is 464 g/mol. The number of likely N-dealkylation sites (N-methyl/N-ethyl adjacent to an activating group) is 1. The summed E-state index contributed by atoms with van der Waals surface area (Å²) in [6.45, 7) is 2.18. The van der Waals surface area contributed by atoms with Gasteiger partial charge in [-0.2, -0.15) is 0 Å². The number of hydrogen-bond donors (Lipinski definition) is 0. The molecule has 2 aliphatic heterocycles. The molecule has 6 heteroatoms. The molecule has 0 unspecified atom stereocenters. The monoisotopic (exact) mass is 463 g/mol. The van der Waals surface area contributed by atoms with Crippen LogP contribution in [0.15, 0.2) is 60.7 Å². The molecule has 2 aliphatic rings. The quantitative estimate of drug-likeness (QED) is 0.512. The number of amides is 1. The Morgan fingerprint density at radius 2 is 1.73 bits per heavy atom. The van der Waals surface area contributed by atoms with Crippen molar-refractivity contribution in [2.75, 3.05) is 43.5 Å². The van der Waals surface area contributed by atoms with Crippen LogP contribution in [0.3, 0.4) is 0 Å². The lowest BCUT2D eigenvalue weighted by Crippen LogP contribution is -2.37. The Hall–Kier alpha value is -2.89. The summed E-state index contributed by atoms with van der Waals surface area (Å²) in [5.74, 6) is -0.358. The van der Waals surface area contributed by atoms with Gasteiger partial charge in [-0.1, -0.05) is 35.9 Å². The summed E-state index contributed by atoms with van der Waals surface area (Å²) >= 11 is 6.00. The van der Waals surface area contributed by atoms with E-state index in [-0.39, 0.29) is 11.7 Å². The van der Waals surface area contributed by atoms with Gasteiger partial charge in [0.1, 0.15) is 5.82 Å². The van der Waals surface area contributed by atoms with Crippen molar-refractivity contribution in [1.29, 1.82) is 0 Å². The van der Waals surface area contributed by atoms with Gasteiger partial charge in [-0.15, -0.1) is 0 Å². The van der Waals surface area contributed by atoms with Gasteiger partial charge in [-0.25, -0.2) is 4.39 Å². The molecule has 0 radical (unpaired) electrons. The average Bonchev–Trinajstić information content (AvgIpc) is 3.30. The van der Waals surface area contributed by atoms with Gasteiger partial charge in [0.15, 0.2) is 0 Å². The predicted octanol–water partition coefficient (Wildman–Crippen LogP) is 5.49. The van der Waals surface area contributed by atoms with Crippen molar-refractivity contribution in [2.45, 2.75) is 18.9 Å². The van der Waals surface area contributed by atoms with E-state index in [0.29, 0.717) is 34.5 Å². The molecule has 2 heterocycles. The summed E-state index contributed by atoms with van der Waals surface area (Å²) in [4.78, 5) is 19.2. The van der Waals surface area contributed by atoms with E-state index in [1.807, 2.05) is 48.5 Å². The fourth-order valence-corrected chi connectivity index (χ4v) is 4.98. The highest BCUT2D eigenvalue weighted by molar-refractivity contribution is 6.30. The molecule has 3 aromatic carbocycles. The Labute approximate surface area is 199 Å². The number of hydrogen-bond acceptors (Lipinski definition) is 3. The van der Waals surface area contributed by atoms with Crippen LogP contribution in [0.25, 0.3) is 11.1 Å². The fourth-order valence-electron chi connectivity index (χ4n) is 4.86. The van der Waals surface area contributed by atoms with Crippen LogP contribution < -0.4 is 9.80 Å². The van der Waals surface area contributed by atoms with Gasteiger partial charge in [0, 0.05) is 41.9 Å². The Kier molecular flexibility index (Phi) is 5.85. The van der Waals surface area contributed by atoms with E-state index in [1.54, 1.807) is 4.90 Å². The van der Waals surface area contributed by atoms with E-state index in [2.05, 4.69) is 30.0 Å². The summed E-state index contributed by atoms with van der Waals surface area (Å²) in [5, 5.41) is 0.697. The molecule has 0 N–H and O–H groups in total. The van der Waals surface area contributed by atoms with E-state index >= 15 is 4.39 Å². The van der Waals surface area contributed by atoms with Gasteiger partial charge < -0.3 is 14.7 Å². The minimum Gasteiger partial charge on any atom is -0.368 e. The summed E-state index contributed by atoms with van der Waals surface area (Å²) < 4.78 is 15.1. The van der Waals surface area contributed by atoms with Crippen LogP contribution in [0.2, 0.25) is 5.02 Å². The lowest BCUT2D eigenvalue weighted by Gasteiger charge is -2.30. The van der Waals surface area contributed by atoms with Crippen molar-refractivity contribution < 1.29 is 9.18 Å². The SMILES string of the molecule is CN(C)[C@@H]1CCN(c2ccc(N3CCc4cc(-c5ccc(Cl)cc5)ccc4C3=O)cc2F)C1. The van der Waals surface area contributed by atoms with Crippen LogP contribution in [0, 0.1) is 5.82 Å². The molecule has 170 valence electrons. The molecule has 1 atom stereocenters. The molecule has 0 aromatic heterocycles. The van der Waals surface area contributed by atoms with E-state index in [0.717, 1.165) is 42.6 Å². The molecule has 0 aliphatic carbocycles. The highest BCUT2D eigenvalue weighted by Gasteiger charge is 2.29. The minimum absolute atomic E-state index is 0.0834. The van der Waals surface area contributed by atoms with Crippen LogP contribution in [0.4, 0.5) is 15.8 Å². The maximum absolute atomic E-state index is 15.1. The van der Waals surface area contributed by atoms with Gasteiger partial charge >= 0.3 is 0 Å². The summed E-state index contributed by atoms with van der Waals surface area (Å²) in [6.07, 6.45) is 1.75. The summed E-state index contributed by atoms with van der Waals surface area (Å²) in [6, 6.07) is 19.2. The van der Waals surface area contributed by atoms with Gasteiger partial charge in [-0.3, -0.25) is 4.79 Å². The first kappa shape index (κ1) is 21.9. The molecule has 1 saturated heterocycles. The standard InChI is InChI=1S/C27H27ClFN3O/c1-30(2)23-12-13-31(17-23)26-10-8-22(16-25(26)29)32-14-11-20-15-19(5-9-24(20)27(32)33)18-3-6-21(28)7-4-18/h3-10,15-16,23H,11-14,17H2,1-2H3/t23-/m1/s1. The largest absolute Gasteiger partial charge is 0.368 e. The molecule has 0 bridgehead atoms. The maximum Gasteiger partial charge on any atom is 0.258 e. The normalized spacial score (nSPS) is 18.2. The molecule has 5 rings (SSSR count). The second kappa shape index (κ2) is 8.81. The van der Waals surface area contributed by atoms with Crippen molar-refractivity contribution in [1.82, 2.24) is 4.90 Å². The number of anilines is 2. The van der Waals surface area contributed by atoms with Crippen LogP contribution in [0.5, 0.6) is 0 Å². The Morgan fingerprint density at radius 1 is 0.970 bits per heavy atom. The Bertz CT molecular complexity index is 1190. The van der Waals surface area contributed by atoms with Crippen molar-refractivity contribution in [2.24, 2.45) is 0 Å². The predicted molar refractivity (Wildman–Crippen MR) is 133 cm³/mol. The number of carbonyl (C=O) groups is 1. The van der Waals surface area contributed by atoms with Crippen molar-refractivity contribution in [3.63, 3.8) is 0 Å². The third kappa shape index (κ3) is 4.23. The van der Waals surface area contributed by atoms with Gasteiger partial charge in [-0.05, 0) is 80.0 Å². The minimum atomic E-state index is -0.274. The highest BCUT2D eigenvalue weighted by Crippen LogP contribution is 2.32. The smallest absolute Gasteiger partial charge is 0.258 e. The van der Waals surface area contributed by atoms with Crippen molar-refractivity contribution in [3.05, 3.63) is 82.6 Å². The van der Waals surface area contributed by atoms with Gasteiger partial charge in [0.25, 0.3) is 5.91 Å². The second-order valence-corrected chi connectivity index (χ2v) is 9.51. The first-order chi connectivity index (χ1) is 15.9. The zero-order chi connectivity index (χ0) is 23.1. The molecule has 0 saturated carbocycles. The maximum atomic E-state index is 15.1. The molecule has 1 amide bonds. The third-order valence-electron chi connectivity index (χ3n) is 6.84. The number of halogens is 2. The summed E-state index contributed by atoms with van der Waals surface area (Å²) in [7, 11) is 4.12. The van der Waals surface area contributed by atoms with E-state index in [4.69, 9.17) is 11.6 Å². The van der Waals surface area contributed by atoms with Crippen molar-refractivity contribution >= 4 is 28.9 Å². The van der Waals surface area contributed by atoms with E-state index < -0.39 is 0 Å². The molecular formula is C27H27ClFN3O. The third-order valence-corrected chi connectivity index (χ3v) is 7.09. The zero-order valence-corrected chi connectivity index (χ0v) is 19.6. The molecule has 3 aromatic rings. The lowest BCUT2D eigenvalue weighted by atomic mass is 9.94. The number of rotatable bonds is 4. The first-order valence-electron chi connectivity index (χ1n) is 11.3. The van der Waals surface area contributed by atoms with Crippen molar-refractivity contribution in [3.8, 4) is 11.1 Å². The van der Waals surface area contributed by atoms with Crippen LogP contribution in [0.1, 0.15) is 22.3 Å². The number of benzene rings is 3. The molecular weight excluding hydrogens is 437 g/mol. The molecule has 33 heavy (non-hydrogen) atoms. The molecule has 1 fully saturated rings. The Morgan fingerprint density at radius 3 is 2.42 bits per heavy atom. The van der Waals surface area contributed by atoms with Crippen LogP contribution in [-0.4, -0.2) is 50.6 Å². The topological polar surface area (TPSA) is 26.8 Å². The molecule has 4 nitrogen and oxygen atoms in total. The lowest BCUT2D eigenvalue weighted by molar-refractivity contribution is 0.0980. The fraction of sp³-hybridized carbons (Fsp3) is 0.296. The van der Waals surface area contributed by atoms with Crippen LogP contribution in [-0.2, 0) is 6.42 Å². The number of carbonyl (C=O) groups excluding carboxylic acids is 1.